The van der Waals surface area contributed by atoms with Gasteiger partial charge in [0.1, 0.15) is 17.4 Å². The molecule has 24 heavy (non-hydrogen) atoms. The molecule has 0 aromatic carbocycles. The number of ether oxygens (including phenoxy) is 1. The molecule has 2 unspecified atom stereocenters. The fourth-order valence-corrected chi connectivity index (χ4v) is 3.85. The average Bonchev–Trinajstić information content (AvgIpc) is 2.78. The van der Waals surface area contributed by atoms with Crippen LogP contribution in [0.5, 0.6) is 0 Å². The smallest absolute Gasteiger partial charge is 0.410 e. The molecule has 1 N–H and O–H groups in total. The van der Waals surface area contributed by atoms with Crippen LogP contribution >= 0.6 is 0 Å². The zero-order valence-electron chi connectivity index (χ0n) is 14.3. The molecule has 2 aliphatic rings. The number of hydrogen-bond acceptors (Lipinski definition) is 5. The van der Waals surface area contributed by atoms with Gasteiger partial charge in [-0.25, -0.2) is 9.78 Å². The van der Waals surface area contributed by atoms with Crippen LogP contribution in [0.25, 0.3) is 0 Å². The van der Waals surface area contributed by atoms with Crippen LogP contribution in [0.1, 0.15) is 57.7 Å². The van der Waals surface area contributed by atoms with Gasteiger partial charge in [-0.2, -0.15) is 5.26 Å². The number of carbonyl (C=O) groups is 1. The first-order valence-corrected chi connectivity index (χ1v) is 8.32. The van der Waals surface area contributed by atoms with Crippen LogP contribution in [0.4, 0.5) is 4.79 Å². The third kappa shape index (κ3) is 3.09. The SMILES string of the molecule is CC(C)(C)OC(=O)N1C2CCC1CC(O)(c1ccnc(C#N)c1)C2. The molecule has 3 heterocycles. The van der Waals surface area contributed by atoms with Gasteiger partial charge in [0.25, 0.3) is 0 Å². The maximum atomic E-state index is 12.5. The summed E-state index contributed by atoms with van der Waals surface area (Å²) < 4.78 is 5.52. The van der Waals surface area contributed by atoms with Crippen molar-refractivity contribution in [3.63, 3.8) is 0 Å². The summed E-state index contributed by atoms with van der Waals surface area (Å²) in [6, 6.07) is 5.32. The van der Waals surface area contributed by atoms with Gasteiger partial charge in [0.05, 0.1) is 5.60 Å². The van der Waals surface area contributed by atoms with E-state index in [0.717, 1.165) is 12.8 Å². The van der Waals surface area contributed by atoms with E-state index in [-0.39, 0.29) is 18.2 Å². The van der Waals surface area contributed by atoms with Crippen LogP contribution in [0.2, 0.25) is 0 Å². The third-order valence-corrected chi connectivity index (χ3v) is 4.78. The minimum absolute atomic E-state index is 0.0395. The lowest BCUT2D eigenvalue weighted by atomic mass is 9.81. The summed E-state index contributed by atoms with van der Waals surface area (Å²) in [6.07, 6.45) is 3.89. The number of nitrogens with zero attached hydrogens (tertiary/aromatic N) is 3. The topological polar surface area (TPSA) is 86.4 Å². The standard InChI is InChI=1S/C18H23N3O3/c1-17(2,3)24-16(22)21-14-4-5-15(21)10-18(23,9-14)12-6-7-20-13(8-12)11-19/h6-8,14-15,23H,4-5,9-10H2,1-3H3. The molecule has 2 aliphatic heterocycles. The number of aliphatic hydroxyl groups is 1. The van der Waals surface area contributed by atoms with Crippen LogP contribution in [0.3, 0.4) is 0 Å². The van der Waals surface area contributed by atoms with Crippen molar-refractivity contribution in [3.05, 3.63) is 29.6 Å². The first kappa shape index (κ1) is 16.7. The molecule has 2 saturated heterocycles. The minimum Gasteiger partial charge on any atom is -0.444 e. The molecule has 6 heteroatoms. The Labute approximate surface area is 142 Å². The Morgan fingerprint density at radius 1 is 1.42 bits per heavy atom. The molecule has 2 atom stereocenters. The summed E-state index contributed by atoms with van der Waals surface area (Å²) in [5.74, 6) is 0. The lowest BCUT2D eigenvalue weighted by Crippen LogP contribution is -2.53. The van der Waals surface area contributed by atoms with E-state index in [1.165, 1.54) is 0 Å². The predicted octanol–water partition coefficient (Wildman–Crippen LogP) is 2.70. The van der Waals surface area contributed by atoms with Gasteiger partial charge in [0, 0.05) is 31.1 Å². The van der Waals surface area contributed by atoms with Gasteiger partial charge in [0.15, 0.2) is 0 Å². The van der Waals surface area contributed by atoms with Gasteiger partial charge in [-0.3, -0.25) is 0 Å². The number of aromatic nitrogens is 1. The number of hydrogen-bond donors (Lipinski definition) is 1. The van der Waals surface area contributed by atoms with Crippen molar-refractivity contribution in [1.82, 2.24) is 9.88 Å². The van der Waals surface area contributed by atoms with Gasteiger partial charge >= 0.3 is 6.09 Å². The highest BCUT2D eigenvalue weighted by atomic mass is 16.6. The Morgan fingerprint density at radius 3 is 2.58 bits per heavy atom. The van der Waals surface area contributed by atoms with Crippen molar-refractivity contribution in [1.29, 1.82) is 5.26 Å². The number of piperidine rings is 1. The largest absolute Gasteiger partial charge is 0.444 e. The lowest BCUT2D eigenvalue weighted by Gasteiger charge is -2.44. The van der Waals surface area contributed by atoms with Gasteiger partial charge in [-0.15, -0.1) is 0 Å². The first-order valence-electron chi connectivity index (χ1n) is 8.32. The van der Waals surface area contributed by atoms with Crippen LogP contribution in [-0.2, 0) is 10.3 Å². The average molecular weight is 329 g/mol. The fraction of sp³-hybridized carbons (Fsp3) is 0.611. The maximum Gasteiger partial charge on any atom is 0.410 e. The second-order valence-electron chi connectivity index (χ2n) is 7.75. The van der Waals surface area contributed by atoms with Crippen molar-refractivity contribution in [2.24, 2.45) is 0 Å². The van der Waals surface area contributed by atoms with E-state index < -0.39 is 11.2 Å². The highest BCUT2D eigenvalue weighted by Gasteiger charge is 2.51. The predicted molar refractivity (Wildman–Crippen MR) is 87.0 cm³/mol. The number of amides is 1. The molecule has 1 aromatic rings. The van der Waals surface area contributed by atoms with Crippen LogP contribution in [-0.4, -0.2) is 38.8 Å². The molecule has 128 valence electrons. The summed E-state index contributed by atoms with van der Waals surface area (Å²) in [4.78, 5) is 18.3. The van der Waals surface area contributed by atoms with Gasteiger partial charge < -0.3 is 14.7 Å². The molecular formula is C18H23N3O3. The number of carbonyl (C=O) groups excluding carboxylic acids is 1. The van der Waals surface area contributed by atoms with Crippen molar-refractivity contribution < 1.29 is 14.6 Å². The molecular weight excluding hydrogens is 306 g/mol. The van der Waals surface area contributed by atoms with E-state index in [4.69, 9.17) is 10.00 Å². The van der Waals surface area contributed by atoms with Crippen molar-refractivity contribution in [2.75, 3.05) is 0 Å². The van der Waals surface area contributed by atoms with Crippen LogP contribution in [0, 0.1) is 11.3 Å². The van der Waals surface area contributed by atoms with Crippen molar-refractivity contribution >= 4 is 6.09 Å². The van der Waals surface area contributed by atoms with E-state index in [0.29, 0.717) is 24.1 Å². The summed E-state index contributed by atoms with van der Waals surface area (Å²) in [7, 11) is 0. The second-order valence-corrected chi connectivity index (χ2v) is 7.75. The van der Waals surface area contributed by atoms with Crippen molar-refractivity contribution in [2.45, 2.75) is 69.7 Å². The van der Waals surface area contributed by atoms with Crippen molar-refractivity contribution in [3.8, 4) is 6.07 Å². The molecule has 2 bridgehead atoms. The highest BCUT2D eigenvalue weighted by molar-refractivity contribution is 5.69. The Kier molecular flexibility index (Phi) is 4.00. The van der Waals surface area contributed by atoms with E-state index in [1.807, 2.05) is 26.8 Å². The molecule has 0 aliphatic carbocycles. The fourth-order valence-electron chi connectivity index (χ4n) is 3.85. The van der Waals surface area contributed by atoms with Gasteiger partial charge in [0.2, 0.25) is 0 Å². The number of pyridine rings is 1. The molecule has 3 rings (SSSR count). The lowest BCUT2D eigenvalue weighted by molar-refractivity contribution is -0.0624. The Bertz CT molecular complexity index is 675. The normalized spacial score (nSPS) is 29.2. The summed E-state index contributed by atoms with van der Waals surface area (Å²) in [5.41, 5.74) is -0.562. The summed E-state index contributed by atoms with van der Waals surface area (Å²) >= 11 is 0. The first-order chi connectivity index (χ1) is 11.2. The number of nitriles is 1. The monoisotopic (exact) mass is 329 g/mol. The van der Waals surface area contributed by atoms with E-state index in [1.54, 1.807) is 23.2 Å². The maximum absolute atomic E-state index is 12.5. The van der Waals surface area contributed by atoms with Crippen LogP contribution < -0.4 is 0 Å². The molecule has 0 radical (unpaired) electrons. The molecule has 0 spiro atoms. The Balaban J connectivity index is 1.82. The second kappa shape index (κ2) is 5.75. The zero-order chi connectivity index (χ0) is 17.5. The van der Waals surface area contributed by atoms with E-state index >= 15 is 0 Å². The molecule has 0 saturated carbocycles. The van der Waals surface area contributed by atoms with E-state index in [9.17, 15) is 9.90 Å². The zero-order valence-corrected chi connectivity index (χ0v) is 14.3. The summed E-state index contributed by atoms with van der Waals surface area (Å²) in [5, 5.41) is 20.2. The number of rotatable bonds is 1. The quantitative estimate of drug-likeness (QED) is 0.856. The molecule has 2 fully saturated rings. The van der Waals surface area contributed by atoms with Crippen LogP contribution in [0.15, 0.2) is 18.3 Å². The molecule has 1 aromatic heterocycles. The Hall–Kier alpha value is -2.13. The Morgan fingerprint density at radius 2 is 2.04 bits per heavy atom. The highest BCUT2D eigenvalue weighted by Crippen LogP contribution is 2.46. The van der Waals surface area contributed by atoms with Gasteiger partial charge in [-0.05, 0) is 51.3 Å². The molecule has 6 nitrogen and oxygen atoms in total. The minimum atomic E-state index is -1.03. The van der Waals surface area contributed by atoms with E-state index in [2.05, 4.69) is 4.98 Å². The third-order valence-electron chi connectivity index (χ3n) is 4.78. The van der Waals surface area contributed by atoms with Gasteiger partial charge in [-0.1, -0.05) is 0 Å². The summed E-state index contributed by atoms with van der Waals surface area (Å²) in [6.45, 7) is 5.56. The number of fused-ring (bicyclic) bond motifs is 2. The molecule has 1 amide bonds.